The SMILES string of the molecule is CC(=O)NCc1ccc(CCN2CCN(C(=O)Nc3ccccc3)CC2)s1. The Morgan fingerprint density at radius 1 is 1.00 bits per heavy atom. The zero-order chi connectivity index (χ0) is 19.1. The largest absolute Gasteiger partial charge is 0.351 e. The Kier molecular flexibility index (Phi) is 6.84. The van der Waals surface area contributed by atoms with Crippen molar-refractivity contribution >= 4 is 29.0 Å². The molecule has 0 saturated carbocycles. The normalized spacial score (nSPS) is 14.8. The van der Waals surface area contributed by atoms with Crippen LogP contribution in [0.3, 0.4) is 0 Å². The second-order valence-corrected chi connectivity index (χ2v) is 7.91. The number of amides is 3. The zero-order valence-corrected chi connectivity index (χ0v) is 16.4. The maximum atomic E-state index is 12.3. The van der Waals surface area contributed by atoms with Crippen molar-refractivity contribution in [2.75, 3.05) is 38.0 Å². The van der Waals surface area contributed by atoms with E-state index >= 15 is 0 Å². The first-order valence-corrected chi connectivity index (χ1v) is 10.1. The van der Waals surface area contributed by atoms with Gasteiger partial charge in [-0.1, -0.05) is 18.2 Å². The van der Waals surface area contributed by atoms with E-state index in [1.165, 1.54) is 16.7 Å². The van der Waals surface area contributed by atoms with E-state index in [0.717, 1.165) is 44.8 Å². The summed E-state index contributed by atoms with van der Waals surface area (Å²) in [6.45, 7) is 6.42. The number of nitrogens with zero attached hydrogens (tertiary/aromatic N) is 2. The Balaban J connectivity index is 1.38. The van der Waals surface area contributed by atoms with Crippen LogP contribution in [-0.4, -0.2) is 54.5 Å². The molecule has 144 valence electrons. The molecule has 1 aliphatic rings. The van der Waals surface area contributed by atoms with Gasteiger partial charge in [-0.2, -0.15) is 0 Å². The molecule has 2 N–H and O–H groups in total. The standard InChI is InChI=1S/C20H26N4O2S/c1-16(25)21-15-19-8-7-18(27-19)9-10-23-11-13-24(14-12-23)20(26)22-17-5-3-2-4-6-17/h2-8H,9-15H2,1H3,(H,21,25)(H,22,26). The summed E-state index contributed by atoms with van der Waals surface area (Å²) in [7, 11) is 0. The Bertz CT molecular complexity index is 754. The third kappa shape index (κ3) is 6.08. The van der Waals surface area contributed by atoms with E-state index in [1.807, 2.05) is 35.2 Å². The van der Waals surface area contributed by atoms with Crippen LogP contribution in [0.1, 0.15) is 16.7 Å². The molecule has 1 saturated heterocycles. The van der Waals surface area contributed by atoms with Gasteiger partial charge in [-0.3, -0.25) is 9.69 Å². The van der Waals surface area contributed by atoms with Crippen molar-refractivity contribution in [2.24, 2.45) is 0 Å². The second kappa shape index (κ2) is 9.53. The number of hydrogen-bond acceptors (Lipinski definition) is 4. The first kappa shape index (κ1) is 19.4. The molecule has 0 bridgehead atoms. The van der Waals surface area contributed by atoms with Gasteiger partial charge in [-0.25, -0.2) is 4.79 Å². The van der Waals surface area contributed by atoms with Gasteiger partial charge in [-0.05, 0) is 30.7 Å². The van der Waals surface area contributed by atoms with Crippen LogP contribution in [0.2, 0.25) is 0 Å². The van der Waals surface area contributed by atoms with Crippen LogP contribution in [0, 0.1) is 0 Å². The van der Waals surface area contributed by atoms with Gasteiger partial charge < -0.3 is 15.5 Å². The van der Waals surface area contributed by atoms with Gasteiger partial charge in [0.25, 0.3) is 0 Å². The Morgan fingerprint density at radius 2 is 1.70 bits per heavy atom. The van der Waals surface area contributed by atoms with Crippen LogP contribution in [0.25, 0.3) is 0 Å². The zero-order valence-electron chi connectivity index (χ0n) is 15.6. The van der Waals surface area contributed by atoms with E-state index in [0.29, 0.717) is 6.54 Å². The first-order chi connectivity index (χ1) is 13.1. The van der Waals surface area contributed by atoms with Crippen molar-refractivity contribution in [2.45, 2.75) is 19.9 Å². The number of carbonyl (C=O) groups excluding carboxylic acids is 2. The summed E-state index contributed by atoms with van der Waals surface area (Å²) in [5.74, 6) is -0.000813. The van der Waals surface area contributed by atoms with Crippen LogP contribution in [0.5, 0.6) is 0 Å². The highest BCUT2D eigenvalue weighted by Gasteiger charge is 2.21. The average molecular weight is 387 g/mol. The first-order valence-electron chi connectivity index (χ1n) is 9.25. The quantitative estimate of drug-likeness (QED) is 0.802. The molecule has 0 unspecified atom stereocenters. The molecule has 3 amide bonds. The Morgan fingerprint density at radius 3 is 2.41 bits per heavy atom. The van der Waals surface area contributed by atoms with Crippen LogP contribution in [-0.2, 0) is 17.8 Å². The molecular formula is C20H26N4O2S. The third-order valence-corrected chi connectivity index (χ3v) is 5.73. The molecule has 27 heavy (non-hydrogen) atoms. The summed E-state index contributed by atoms with van der Waals surface area (Å²) < 4.78 is 0. The van der Waals surface area contributed by atoms with Crippen molar-refractivity contribution in [3.63, 3.8) is 0 Å². The molecule has 1 fully saturated rings. The van der Waals surface area contributed by atoms with E-state index in [2.05, 4.69) is 27.7 Å². The highest BCUT2D eigenvalue weighted by molar-refractivity contribution is 7.11. The predicted octanol–water partition coefficient (Wildman–Crippen LogP) is 2.78. The van der Waals surface area contributed by atoms with Crippen molar-refractivity contribution in [3.8, 4) is 0 Å². The number of nitrogens with one attached hydrogen (secondary N) is 2. The van der Waals surface area contributed by atoms with Gasteiger partial charge in [0.15, 0.2) is 0 Å². The maximum Gasteiger partial charge on any atom is 0.321 e. The summed E-state index contributed by atoms with van der Waals surface area (Å²) in [4.78, 5) is 30.1. The van der Waals surface area contributed by atoms with Crippen LogP contribution in [0.15, 0.2) is 42.5 Å². The number of hydrogen-bond donors (Lipinski definition) is 2. The highest BCUT2D eigenvalue weighted by atomic mass is 32.1. The fraction of sp³-hybridized carbons (Fsp3) is 0.400. The number of rotatable bonds is 6. The molecule has 1 aliphatic heterocycles. The average Bonchev–Trinajstić information content (AvgIpc) is 3.14. The fourth-order valence-electron chi connectivity index (χ4n) is 3.03. The predicted molar refractivity (Wildman–Crippen MR) is 109 cm³/mol. The van der Waals surface area contributed by atoms with E-state index in [1.54, 1.807) is 11.3 Å². The molecule has 0 aliphatic carbocycles. The molecule has 0 radical (unpaired) electrons. The number of anilines is 1. The molecule has 7 heteroatoms. The summed E-state index contributed by atoms with van der Waals surface area (Å²) in [5.41, 5.74) is 0.831. The number of benzene rings is 1. The topological polar surface area (TPSA) is 64.7 Å². The summed E-state index contributed by atoms with van der Waals surface area (Å²) in [5, 5.41) is 5.78. The minimum atomic E-state index is -0.0262. The minimum absolute atomic E-state index is 0.000813. The smallest absolute Gasteiger partial charge is 0.321 e. The number of piperazine rings is 1. The van der Waals surface area contributed by atoms with Crippen LogP contribution >= 0.6 is 11.3 Å². The van der Waals surface area contributed by atoms with E-state index in [9.17, 15) is 9.59 Å². The van der Waals surface area contributed by atoms with Gasteiger partial charge in [0, 0.05) is 55.1 Å². The summed E-state index contributed by atoms with van der Waals surface area (Å²) >= 11 is 1.75. The molecule has 0 spiro atoms. The molecule has 1 aromatic heterocycles. The number of urea groups is 1. The lowest BCUT2D eigenvalue weighted by atomic mass is 10.2. The summed E-state index contributed by atoms with van der Waals surface area (Å²) in [6, 6.07) is 13.8. The van der Waals surface area contributed by atoms with E-state index in [4.69, 9.17) is 0 Å². The molecule has 6 nitrogen and oxygen atoms in total. The van der Waals surface area contributed by atoms with E-state index in [-0.39, 0.29) is 11.9 Å². The molecular weight excluding hydrogens is 360 g/mol. The fourth-order valence-corrected chi connectivity index (χ4v) is 3.98. The second-order valence-electron chi connectivity index (χ2n) is 6.65. The number of carbonyl (C=O) groups is 2. The summed E-state index contributed by atoms with van der Waals surface area (Å²) in [6.07, 6.45) is 1.00. The monoisotopic (exact) mass is 386 g/mol. The minimum Gasteiger partial charge on any atom is -0.351 e. The molecule has 2 heterocycles. The lowest BCUT2D eigenvalue weighted by Gasteiger charge is -2.34. The third-order valence-electron chi connectivity index (χ3n) is 4.59. The van der Waals surface area contributed by atoms with Crippen molar-refractivity contribution in [3.05, 3.63) is 52.2 Å². The Hall–Kier alpha value is -2.38. The molecule has 0 atom stereocenters. The van der Waals surface area contributed by atoms with Crippen molar-refractivity contribution < 1.29 is 9.59 Å². The lowest BCUT2D eigenvalue weighted by molar-refractivity contribution is -0.119. The van der Waals surface area contributed by atoms with Gasteiger partial charge >= 0.3 is 6.03 Å². The van der Waals surface area contributed by atoms with Gasteiger partial charge in [0.05, 0.1) is 6.54 Å². The van der Waals surface area contributed by atoms with Gasteiger partial charge in [0.1, 0.15) is 0 Å². The lowest BCUT2D eigenvalue weighted by Crippen LogP contribution is -2.50. The van der Waals surface area contributed by atoms with Crippen LogP contribution in [0.4, 0.5) is 10.5 Å². The van der Waals surface area contributed by atoms with Crippen LogP contribution < -0.4 is 10.6 Å². The molecule has 2 aromatic rings. The molecule has 1 aromatic carbocycles. The molecule has 3 rings (SSSR count). The van der Waals surface area contributed by atoms with Gasteiger partial charge in [-0.15, -0.1) is 11.3 Å². The number of para-hydroxylation sites is 1. The van der Waals surface area contributed by atoms with Crippen molar-refractivity contribution in [1.82, 2.24) is 15.1 Å². The number of thiophene rings is 1. The highest BCUT2D eigenvalue weighted by Crippen LogP contribution is 2.18. The Labute approximate surface area is 164 Å². The maximum absolute atomic E-state index is 12.3. The van der Waals surface area contributed by atoms with Crippen molar-refractivity contribution in [1.29, 1.82) is 0 Å². The van der Waals surface area contributed by atoms with Gasteiger partial charge in [0.2, 0.25) is 5.91 Å². The van der Waals surface area contributed by atoms with E-state index < -0.39 is 0 Å².